The Hall–Kier alpha value is -3.29. The van der Waals surface area contributed by atoms with Gasteiger partial charge in [-0.1, -0.05) is 0 Å². The number of ether oxygens (including phenoxy) is 1. The maximum atomic E-state index is 13.2. The number of carbonyl (C=O) groups is 2. The first-order chi connectivity index (χ1) is 13.9. The first kappa shape index (κ1) is 19.0. The zero-order chi connectivity index (χ0) is 20.7. The van der Waals surface area contributed by atoms with E-state index in [1.165, 1.54) is 12.1 Å². The van der Waals surface area contributed by atoms with Gasteiger partial charge >= 0.3 is 5.97 Å². The number of rotatable bonds is 5. The number of esters is 1. The number of hydrogen-bond acceptors (Lipinski definition) is 5. The van der Waals surface area contributed by atoms with E-state index < -0.39 is 11.8 Å². The van der Waals surface area contributed by atoms with Gasteiger partial charge in [0.2, 0.25) is 0 Å². The highest BCUT2D eigenvalue weighted by Gasteiger charge is 2.28. The molecule has 0 spiro atoms. The van der Waals surface area contributed by atoms with Crippen molar-refractivity contribution in [1.29, 1.82) is 0 Å². The van der Waals surface area contributed by atoms with E-state index in [0.717, 1.165) is 36.2 Å². The van der Waals surface area contributed by atoms with Gasteiger partial charge in [0.1, 0.15) is 18.1 Å². The van der Waals surface area contributed by atoms with Crippen LogP contribution in [-0.2, 0) is 36.0 Å². The van der Waals surface area contributed by atoms with E-state index in [4.69, 9.17) is 4.74 Å². The monoisotopic (exact) mass is 396 g/mol. The number of halogens is 1. The molecule has 0 radical (unpaired) electrons. The average molecular weight is 396 g/mol. The third-order valence-electron chi connectivity index (χ3n) is 5.35. The van der Waals surface area contributed by atoms with Crippen molar-refractivity contribution in [2.45, 2.75) is 39.7 Å². The molecule has 8 heteroatoms. The SMILES string of the molecule is Cc1nn(C)c(C)c1C(=O)C(=O)OCc1nn(-c2ccc(F)cc2)c2c1CCC2. The van der Waals surface area contributed by atoms with E-state index in [-0.39, 0.29) is 18.0 Å². The summed E-state index contributed by atoms with van der Waals surface area (Å²) in [5, 5.41) is 8.73. The van der Waals surface area contributed by atoms with E-state index in [2.05, 4.69) is 10.2 Å². The lowest BCUT2D eigenvalue weighted by Gasteiger charge is -2.05. The van der Waals surface area contributed by atoms with Crippen molar-refractivity contribution in [1.82, 2.24) is 19.6 Å². The molecule has 150 valence electrons. The summed E-state index contributed by atoms with van der Waals surface area (Å²) in [5.74, 6) is -1.94. The van der Waals surface area contributed by atoms with E-state index in [0.29, 0.717) is 17.1 Å². The van der Waals surface area contributed by atoms with E-state index in [1.54, 1.807) is 42.4 Å². The van der Waals surface area contributed by atoms with Crippen LogP contribution in [0.1, 0.15) is 45.1 Å². The third-order valence-corrected chi connectivity index (χ3v) is 5.35. The Morgan fingerprint density at radius 1 is 1.14 bits per heavy atom. The summed E-state index contributed by atoms with van der Waals surface area (Å²) in [5.41, 5.74) is 4.83. The van der Waals surface area contributed by atoms with Crippen molar-refractivity contribution in [3.63, 3.8) is 0 Å². The number of Topliss-reactive ketones (excluding diaryl/α,β-unsaturated/α-hetero) is 1. The maximum Gasteiger partial charge on any atom is 0.380 e. The second kappa shape index (κ2) is 7.27. The normalized spacial score (nSPS) is 12.8. The van der Waals surface area contributed by atoms with Gasteiger partial charge in [0.25, 0.3) is 5.78 Å². The Morgan fingerprint density at radius 2 is 1.86 bits per heavy atom. The molecule has 0 atom stereocenters. The second-order valence-corrected chi connectivity index (χ2v) is 7.19. The predicted octanol–water partition coefficient (Wildman–Crippen LogP) is 2.78. The van der Waals surface area contributed by atoms with Crippen LogP contribution in [0.15, 0.2) is 24.3 Å². The number of hydrogen-bond donors (Lipinski definition) is 0. The molecule has 2 heterocycles. The van der Waals surface area contributed by atoms with Crippen molar-refractivity contribution in [3.05, 3.63) is 64.0 Å². The second-order valence-electron chi connectivity index (χ2n) is 7.19. The molecule has 1 aliphatic rings. The summed E-state index contributed by atoms with van der Waals surface area (Å²) in [7, 11) is 1.72. The van der Waals surface area contributed by atoms with Crippen molar-refractivity contribution in [3.8, 4) is 5.69 Å². The van der Waals surface area contributed by atoms with Gasteiger partial charge in [0.15, 0.2) is 0 Å². The number of benzene rings is 1. The summed E-state index contributed by atoms with van der Waals surface area (Å²) in [6.45, 7) is 3.34. The van der Waals surface area contributed by atoms with Crippen molar-refractivity contribution in [2.75, 3.05) is 0 Å². The van der Waals surface area contributed by atoms with Gasteiger partial charge in [0, 0.05) is 24.0 Å². The van der Waals surface area contributed by atoms with Crippen LogP contribution in [0.2, 0.25) is 0 Å². The van der Waals surface area contributed by atoms with Crippen molar-refractivity contribution in [2.24, 2.45) is 7.05 Å². The molecule has 29 heavy (non-hydrogen) atoms. The number of ketones is 1. The summed E-state index contributed by atoms with van der Waals surface area (Å²) >= 11 is 0. The minimum absolute atomic E-state index is 0.0839. The third kappa shape index (κ3) is 3.35. The largest absolute Gasteiger partial charge is 0.453 e. The molecule has 2 aromatic heterocycles. The Morgan fingerprint density at radius 3 is 2.52 bits per heavy atom. The maximum absolute atomic E-state index is 13.2. The lowest BCUT2D eigenvalue weighted by molar-refractivity contribution is -0.139. The first-order valence-corrected chi connectivity index (χ1v) is 9.44. The van der Waals surface area contributed by atoms with Crippen molar-refractivity contribution < 1.29 is 18.7 Å². The number of carbonyl (C=O) groups excluding carboxylic acids is 2. The Bertz CT molecular complexity index is 1110. The van der Waals surface area contributed by atoms with Crippen LogP contribution in [0.3, 0.4) is 0 Å². The standard InChI is InChI=1S/C21H21FN4O3/c1-12-19(13(2)25(3)23-12)20(27)21(28)29-11-17-16-5-4-6-18(16)26(24-17)15-9-7-14(22)8-10-15/h7-10H,4-6,11H2,1-3H3. The molecular weight excluding hydrogens is 375 g/mol. The highest BCUT2D eigenvalue weighted by atomic mass is 19.1. The highest BCUT2D eigenvalue weighted by Crippen LogP contribution is 2.28. The lowest BCUT2D eigenvalue weighted by atomic mass is 10.1. The zero-order valence-electron chi connectivity index (χ0n) is 16.5. The van der Waals surface area contributed by atoms with E-state index >= 15 is 0 Å². The molecule has 0 bridgehead atoms. The molecule has 0 saturated carbocycles. The summed E-state index contributed by atoms with van der Waals surface area (Å²) in [6, 6.07) is 6.09. The minimum atomic E-state index is -0.924. The van der Waals surface area contributed by atoms with Crippen LogP contribution >= 0.6 is 0 Å². The number of fused-ring (bicyclic) bond motifs is 1. The fourth-order valence-electron chi connectivity index (χ4n) is 3.83. The fourth-order valence-corrected chi connectivity index (χ4v) is 3.83. The summed E-state index contributed by atoms with van der Waals surface area (Å²) in [6.07, 6.45) is 2.65. The van der Waals surface area contributed by atoms with Gasteiger partial charge < -0.3 is 4.74 Å². The van der Waals surface area contributed by atoms with Gasteiger partial charge in [-0.3, -0.25) is 9.48 Å². The summed E-state index contributed by atoms with van der Waals surface area (Å²) < 4.78 is 21.9. The Balaban J connectivity index is 1.54. The first-order valence-electron chi connectivity index (χ1n) is 9.44. The summed E-state index contributed by atoms with van der Waals surface area (Å²) in [4.78, 5) is 24.9. The fraction of sp³-hybridized carbons (Fsp3) is 0.333. The van der Waals surface area contributed by atoms with Crippen molar-refractivity contribution >= 4 is 11.8 Å². The molecule has 1 aliphatic carbocycles. The molecule has 0 fully saturated rings. The molecule has 0 amide bonds. The van der Waals surface area contributed by atoms with E-state index in [1.807, 2.05) is 0 Å². The lowest BCUT2D eigenvalue weighted by Crippen LogP contribution is -2.19. The molecule has 4 rings (SSSR count). The quantitative estimate of drug-likeness (QED) is 0.376. The van der Waals surface area contributed by atoms with Gasteiger partial charge in [-0.25, -0.2) is 13.9 Å². The molecule has 0 saturated heterocycles. The number of aromatic nitrogens is 4. The molecule has 3 aromatic rings. The Labute approximate surface area is 167 Å². The Kier molecular flexibility index (Phi) is 4.77. The van der Waals surface area contributed by atoms with Crippen LogP contribution in [0.5, 0.6) is 0 Å². The molecule has 0 aliphatic heterocycles. The van der Waals surface area contributed by atoms with E-state index in [9.17, 15) is 14.0 Å². The predicted molar refractivity (Wildman–Crippen MR) is 102 cm³/mol. The molecule has 7 nitrogen and oxygen atoms in total. The topological polar surface area (TPSA) is 79.0 Å². The van der Waals surface area contributed by atoms with Crippen LogP contribution in [-0.4, -0.2) is 31.3 Å². The van der Waals surface area contributed by atoms with Gasteiger partial charge in [-0.2, -0.15) is 10.2 Å². The van der Waals surface area contributed by atoms with Gasteiger partial charge in [-0.15, -0.1) is 0 Å². The van der Waals surface area contributed by atoms with Crippen LogP contribution in [0.4, 0.5) is 4.39 Å². The zero-order valence-corrected chi connectivity index (χ0v) is 16.5. The highest BCUT2D eigenvalue weighted by molar-refractivity contribution is 6.41. The van der Waals surface area contributed by atoms with Crippen LogP contribution in [0, 0.1) is 19.7 Å². The average Bonchev–Trinajstić information content (AvgIpc) is 3.36. The van der Waals surface area contributed by atoms with Gasteiger partial charge in [0.05, 0.1) is 16.9 Å². The molecule has 1 aromatic carbocycles. The molecular formula is C21H21FN4O3. The smallest absolute Gasteiger partial charge is 0.380 e. The van der Waals surface area contributed by atoms with Crippen LogP contribution < -0.4 is 0 Å². The number of aryl methyl sites for hydroxylation is 2. The molecule has 0 N–H and O–H groups in total. The number of nitrogens with zero attached hydrogens (tertiary/aromatic N) is 4. The van der Waals surface area contributed by atoms with Gasteiger partial charge in [-0.05, 0) is 57.4 Å². The van der Waals surface area contributed by atoms with Crippen LogP contribution in [0.25, 0.3) is 5.69 Å². The molecule has 0 unspecified atom stereocenters. The minimum Gasteiger partial charge on any atom is -0.453 e.